The highest BCUT2D eigenvalue weighted by Gasteiger charge is 2.34. The van der Waals surface area contributed by atoms with Crippen molar-refractivity contribution < 1.29 is 5.11 Å². The molecule has 5 heteroatoms. The molecule has 1 saturated heterocycles. The average molecular weight is 354 g/mol. The fourth-order valence-electron chi connectivity index (χ4n) is 5.13. The van der Waals surface area contributed by atoms with Crippen LogP contribution in [0.2, 0.25) is 0 Å². The van der Waals surface area contributed by atoms with Crippen molar-refractivity contribution in [1.82, 2.24) is 9.88 Å². The predicted molar refractivity (Wildman–Crippen MR) is 102 cm³/mol. The minimum atomic E-state index is 0.227. The fourth-order valence-corrected chi connectivity index (χ4v) is 5.13. The van der Waals surface area contributed by atoms with Crippen LogP contribution in [0.3, 0.4) is 0 Å². The number of piperazine rings is 1. The number of pyridine rings is 1. The monoisotopic (exact) mass is 354 g/mol. The van der Waals surface area contributed by atoms with E-state index in [2.05, 4.69) is 21.9 Å². The van der Waals surface area contributed by atoms with Crippen molar-refractivity contribution in [1.29, 1.82) is 5.26 Å². The Balaban J connectivity index is 1.57. The van der Waals surface area contributed by atoms with E-state index in [4.69, 9.17) is 4.98 Å². The molecule has 1 N–H and O–H groups in total. The van der Waals surface area contributed by atoms with Crippen molar-refractivity contribution in [3.05, 3.63) is 22.9 Å². The number of aliphatic hydroxyl groups excluding tert-OH is 1. The third-order valence-electron chi connectivity index (χ3n) is 6.48. The quantitative estimate of drug-likeness (QED) is 0.901. The van der Waals surface area contributed by atoms with Crippen molar-refractivity contribution in [2.24, 2.45) is 0 Å². The summed E-state index contributed by atoms with van der Waals surface area (Å²) in [6.07, 6.45) is 10.6. The molecule has 0 bridgehead atoms. The molecule has 140 valence electrons. The molecule has 5 nitrogen and oxygen atoms in total. The van der Waals surface area contributed by atoms with Gasteiger partial charge in [0, 0.05) is 44.0 Å². The molecule has 4 rings (SSSR count). The number of aryl methyl sites for hydroxylation is 2. The van der Waals surface area contributed by atoms with Gasteiger partial charge in [-0.3, -0.25) is 4.90 Å². The van der Waals surface area contributed by atoms with Crippen molar-refractivity contribution in [3.8, 4) is 6.07 Å². The molecule has 1 aromatic heterocycles. The molecule has 1 unspecified atom stereocenters. The maximum atomic E-state index is 9.68. The van der Waals surface area contributed by atoms with Gasteiger partial charge in [0.2, 0.25) is 0 Å². The largest absolute Gasteiger partial charge is 0.396 e. The third kappa shape index (κ3) is 3.45. The van der Waals surface area contributed by atoms with E-state index in [0.29, 0.717) is 12.1 Å². The summed E-state index contributed by atoms with van der Waals surface area (Å²) in [5.41, 5.74) is 3.19. The van der Waals surface area contributed by atoms with Crippen LogP contribution in [0.1, 0.15) is 61.8 Å². The Hall–Kier alpha value is -1.64. The molecule has 0 radical (unpaired) electrons. The molecule has 0 aromatic carbocycles. The van der Waals surface area contributed by atoms with Crippen LogP contribution < -0.4 is 4.90 Å². The average Bonchev–Trinajstić information content (AvgIpc) is 3.21. The molecule has 3 aliphatic rings. The number of nitriles is 1. The summed E-state index contributed by atoms with van der Waals surface area (Å²) < 4.78 is 0. The van der Waals surface area contributed by atoms with E-state index in [-0.39, 0.29) is 6.61 Å². The molecule has 0 amide bonds. The normalized spacial score (nSPS) is 24.5. The summed E-state index contributed by atoms with van der Waals surface area (Å²) in [4.78, 5) is 9.88. The first-order valence-electron chi connectivity index (χ1n) is 10.3. The molecule has 1 aromatic rings. The van der Waals surface area contributed by atoms with Crippen LogP contribution in [0, 0.1) is 11.3 Å². The number of fused-ring (bicyclic) bond motifs is 1. The second-order valence-electron chi connectivity index (χ2n) is 8.07. The number of aromatic nitrogens is 1. The Kier molecular flexibility index (Phi) is 5.42. The lowest BCUT2D eigenvalue weighted by Crippen LogP contribution is -2.56. The predicted octanol–water partition coefficient (Wildman–Crippen LogP) is 2.65. The molecule has 1 saturated carbocycles. The van der Waals surface area contributed by atoms with E-state index in [9.17, 15) is 10.4 Å². The molecule has 2 fully saturated rings. The van der Waals surface area contributed by atoms with Gasteiger partial charge >= 0.3 is 0 Å². The molecule has 2 aliphatic carbocycles. The first-order chi connectivity index (χ1) is 12.8. The van der Waals surface area contributed by atoms with Crippen LogP contribution in [-0.2, 0) is 12.8 Å². The van der Waals surface area contributed by atoms with Gasteiger partial charge in [-0.15, -0.1) is 0 Å². The Labute approximate surface area is 156 Å². The SMILES string of the molecule is N#Cc1cc2c(nc1N1CCN(C3CCCC3)C(CCO)C1)CCCC2. The van der Waals surface area contributed by atoms with Gasteiger partial charge in [0.05, 0.1) is 5.56 Å². The Morgan fingerprint density at radius 1 is 1.15 bits per heavy atom. The smallest absolute Gasteiger partial charge is 0.146 e. The van der Waals surface area contributed by atoms with E-state index in [0.717, 1.165) is 50.3 Å². The number of hydrogen-bond acceptors (Lipinski definition) is 5. The van der Waals surface area contributed by atoms with Gasteiger partial charge in [0.1, 0.15) is 11.9 Å². The van der Waals surface area contributed by atoms with Crippen molar-refractivity contribution >= 4 is 5.82 Å². The molecule has 2 heterocycles. The molecule has 1 atom stereocenters. The van der Waals surface area contributed by atoms with Gasteiger partial charge in [-0.05, 0) is 56.6 Å². The summed E-state index contributed by atoms with van der Waals surface area (Å²) in [5.74, 6) is 0.877. The van der Waals surface area contributed by atoms with Crippen LogP contribution in [0.4, 0.5) is 5.82 Å². The van der Waals surface area contributed by atoms with Crippen LogP contribution in [0.25, 0.3) is 0 Å². The lowest BCUT2D eigenvalue weighted by molar-refractivity contribution is 0.0981. The maximum Gasteiger partial charge on any atom is 0.146 e. The second-order valence-corrected chi connectivity index (χ2v) is 8.07. The molecular formula is C21H30N4O. The van der Waals surface area contributed by atoms with Crippen molar-refractivity contribution in [3.63, 3.8) is 0 Å². The highest BCUT2D eigenvalue weighted by molar-refractivity contribution is 5.57. The molecular weight excluding hydrogens is 324 g/mol. The summed E-state index contributed by atoms with van der Waals surface area (Å²) in [5, 5.41) is 19.3. The Morgan fingerprint density at radius 2 is 1.96 bits per heavy atom. The van der Waals surface area contributed by atoms with E-state index < -0.39 is 0 Å². The van der Waals surface area contributed by atoms with Crippen molar-refractivity contribution in [2.45, 2.75) is 69.9 Å². The van der Waals surface area contributed by atoms with E-state index >= 15 is 0 Å². The van der Waals surface area contributed by atoms with E-state index in [1.54, 1.807) is 0 Å². The summed E-state index contributed by atoms with van der Waals surface area (Å²) in [6, 6.07) is 5.52. The lowest BCUT2D eigenvalue weighted by atomic mass is 9.94. The van der Waals surface area contributed by atoms with Crippen LogP contribution in [0.15, 0.2) is 6.07 Å². The number of nitrogens with zero attached hydrogens (tertiary/aromatic N) is 4. The van der Waals surface area contributed by atoms with E-state index in [1.807, 2.05) is 0 Å². The Bertz CT molecular complexity index is 677. The second kappa shape index (κ2) is 7.94. The van der Waals surface area contributed by atoms with Crippen LogP contribution >= 0.6 is 0 Å². The zero-order valence-electron chi connectivity index (χ0n) is 15.7. The highest BCUT2D eigenvalue weighted by atomic mass is 16.3. The third-order valence-corrected chi connectivity index (χ3v) is 6.48. The summed E-state index contributed by atoms with van der Waals surface area (Å²) in [7, 11) is 0. The standard InChI is InChI=1S/C21H30N4O/c22-14-17-13-16-5-1-4-8-20(16)23-21(17)24-10-11-25(18-6-2-3-7-18)19(15-24)9-12-26/h13,18-19,26H,1-12,15H2. The van der Waals surface area contributed by atoms with Gasteiger partial charge in [0.25, 0.3) is 0 Å². The number of rotatable bonds is 4. The molecule has 26 heavy (non-hydrogen) atoms. The summed E-state index contributed by atoms with van der Waals surface area (Å²) in [6.45, 7) is 3.04. The number of anilines is 1. The first kappa shape index (κ1) is 17.8. The number of aliphatic hydroxyl groups is 1. The molecule has 1 aliphatic heterocycles. The van der Waals surface area contributed by atoms with E-state index in [1.165, 1.54) is 49.8 Å². The van der Waals surface area contributed by atoms with Gasteiger partial charge in [-0.2, -0.15) is 5.26 Å². The summed E-state index contributed by atoms with van der Waals surface area (Å²) >= 11 is 0. The van der Waals surface area contributed by atoms with Gasteiger partial charge < -0.3 is 10.0 Å². The number of hydrogen-bond donors (Lipinski definition) is 1. The topological polar surface area (TPSA) is 63.4 Å². The highest BCUT2D eigenvalue weighted by Crippen LogP contribution is 2.31. The Morgan fingerprint density at radius 3 is 2.73 bits per heavy atom. The van der Waals surface area contributed by atoms with Crippen LogP contribution in [-0.4, -0.2) is 53.3 Å². The zero-order valence-corrected chi connectivity index (χ0v) is 15.7. The zero-order chi connectivity index (χ0) is 17.9. The minimum absolute atomic E-state index is 0.227. The lowest BCUT2D eigenvalue weighted by Gasteiger charge is -2.45. The maximum absolute atomic E-state index is 9.68. The molecule has 0 spiro atoms. The fraction of sp³-hybridized carbons (Fsp3) is 0.714. The van der Waals surface area contributed by atoms with Crippen molar-refractivity contribution in [2.75, 3.05) is 31.1 Å². The minimum Gasteiger partial charge on any atom is -0.396 e. The van der Waals surface area contributed by atoms with Gasteiger partial charge in [-0.25, -0.2) is 4.98 Å². The van der Waals surface area contributed by atoms with Gasteiger partial charge in [-0.1, -0.05) is 12.8 Å². The first-order valence-corrected chi connectivity index (χ1v) is 10.3. The van der Waals surface area contributed by atoms with Crippen LogP contribution in [0.5, 0.6) is 0 Å². The van der Waals surface area contributed by atoms with Gasteiger partial charge in [0.15, 0.2) is 0 Å².